The van der Waals surface area contributed by atoms with E-state index in [4.69, 9.17) is 47.0 Å². The zero-order valence-corrected chi connectivity index (χ0v) is 10.1. The Kier molecular flexibility index (Phi) is 3.83. The first-order chi connectivity index (χ1) is 5.40. The minimum Gasteiger partial charge on any atom is -0.273 e. The SMILES string of the molecule is O=C1CSC(=S)N1SC(Cl)(Cl)Cl. The Bertz CT molecular complexity index is 212. The van der Waals surface area contributed by atoms with E-state index in [1.807, 2.05) is 0 Å². The van der Waals surface area contributed by atoms with Gasteiger partial charge in [-0.3, -0.25) is 4.79 Å². The number of rotatable bonds is 1. The largest absolute Gasteiger partial charge is 0.273 e. The Morgan fingerprint density at radius 1 is 1.58 bits per heavy atom. The Labute approximate surface area is 98.4 Å². The Balaban J connectivity index is 2.62. The van der Waals surface area contributed by atoms with Crippen LogP contribution in [-0.2, 0) is 4.79 Å². The molecular weight excluding hydrogens is 281 g/mol. The summed E-state index contributed by atoms with van der Waals surface area (Å²) in [6.45, 7) is 0. The summed E-state index contributed by atoms with van der Waals surface area (Å²) in [5.41, 5.74) is 0. The van der Waals surface area contributed by atoms with E-state index in [1.165, 1.54) is 16.1 Å². The predicted molar refractivity (Wildman–Crippen MR) is 59.8 cm³/mol. The molecule has 0 bridgehead atoms. The van der Waals surface area contributed by atoms with Gasteiger partial charge in [0.1, 0.15) is 0 Å². The molecule has 0 N–H and O–H groups in total. The molecule has 0 saturated carbocycles. The van der Waals surface area contributed by atoms with E-state index < -0.39 is 3.12 Å². The van der Waals surface area contributed by atoms with Gasteiger partial charge in [0.2, 0.25) is 5.91 Å². The Hall–Kier alpha value is 1.13. The number of hydrogen-bond donors (Lipinski definition) is 0. The molecule has 8 heteroatoms. The number of amides is 1. The molecule has 68 valence electrons. The van der Waals surface area contributed by atoms with E-state index in [-0.39, 0.29) is 5.91 Å². The number of carbonyl (C=O) groups is 1. The maximum Gasteiger partial charge on any atom is 0.256 e. The third kappa shape index (κ3) is 3.12. The number of alkyl halides is 3. The Morgan fingerprint density at radius 2 is 2.17 bits per heavy atom. The summed E-state index contributed by atoms with van der Waals surface area (Å²) in [6, 6.07) is 0. The van der Waals surface area contributed by atoms with Crippen LogP contribution in [-0.4, -0.2) is 23.4 Å². The quantitative estimate of drug-likeness (QED) is 0.418. The number of thiocarbonyl (C=S) groups is 1. The predicted octanol–water partition coefficient (Wildman–Crippen LogP) is 2.82. The third-order valence-corrected chi connectivity index (χ3v) is 3.89. The molecule has 0 aliphatic carbocycles. The molecule has 1 fully saturated rings. The van der Waals surface area contributed by atoms with Crippen LogP contribution in [0.25, 0.3) is 0 Å². The Morgan fingerprint density at radius 3 is 2.50 bits per heavy atom. The molecule has 2 nitrogen and oxygen atoms in total. The molecule has 1 saturated heterocycles. The smallest absolute Gasteiger partial charge is 0.256 e. The van der Waals surface area contributed by atoms with Crippen molar-refractivity contribution in [1.29, 1.82) is 0 Å². The van der Waals surface area contributed by atoms with Gasteiger partial charge in [0.05, 0.1) is 5.75 Å². The van der Waals surface area contributed by atoms with Crippen molar-refractivity contribution in [2.45, 2.75) is 3.12 Å². The summed E-state index contributed by atoms with van der Waals surface area (Å²) in [6.07, 6.45) is 0. The van der Waals surface area contributed by atoms with Gasteiger partial charge in [-0.2, -0.15) is 0 Å². The molecule has 1 aliphatic heterocycles. The molecule has 1 rings (SSSR count). The summed E-state index contributed by atoms with van der Waals surface area (Å²) in [7, 11) is 0. The van der Waals surface area contributed by atoms with Crippen LogP contribution in [0.1, 0.15) is 0 Å². The van der Waals surface area contributed by atoms with E-state index in [9.17, 15) is 4.79 Å². The van der Waals surface area contributed by atoms with Crippen molar-refractivity contribution in [2.75, 3.05) is 5.75 Å². The molecule has 0 aromatic heterocycles. The number of halogens is 3. The molecule has 0 atom stereocenters. The van der Waals surface area contributed by atoms with Gasteiger partial charge in [-0.15, -0.1) is 0 Å². The maximum atomic E-state index is 11.1. The molecule has 12 heavy (non-hydrogen) atoms. The molecule has 0 radical (unpaired) electrons. The zero-order valence-electron chi connectivity index (χ0n) is 5.42. The molecule has 0 unspecified atom stereocenters. The minimum absolute atomic E-state index is 0.138. The molecule has 0 aromatic carbocycles. The molecule has 1 amide bonds. The molecule has 1 aliphatic rings. The van der Waals surface area contributed by atoms with Crippen molar-refractivity contribution in [3.63, 3.8) is 0 Å². The maximum absolute atomic E-state index is 11.1. The monoisotopic (exact) mass is 281 g/mol. The molecule has 1 heterocycles. The van der Waals surface area contributed by atoms with Gasteiger partial charge in [0.15, 0.2) is 4.32 Å². The van der Waals surface area contributed by atoms with Crippen LogP contribution in [0.2, 0.25) is 0 Å². The van der Waals surface area contributed by atoms with Crippen LogP contribution in [0.15, 0.2) is 0 Å². The lowest BCUT2D eigenvalue weighted by Gasteiger charge is -2.17. The fourth-order valence-corrected chi connectivity index (χ4v) is 2.94. The van der Waals surface area contributed by atoms with Gasteiger partial charge < -0.3 is 0 Å². The fourth-order valence-electron chi connectivity index (χ4n) is 0.534. The molecule has 0 spiro atoms. The van der Waals surface area contributed by atoms with Crippen molar-refractivity contribution < 1.29 is 4.79 Å². The summed E-state index contributed by atoms with van der Waals surface area (Å²) >= 11 is 23.3. The molecule has 0 aromatic rings. The summed E-state index contributed by atoms with van der Waals surface area (Å²) in [5, 5.41) is 0. The van der Waals surface area contributed by atoms with Gasteiger partial charge in [-0.1, -0.05) is 58.8 Å². The van der Waals surface area contributed by atoms with Crippen LogP contribution < -0.4 is 0 Å². The standard InChI is InChI=1S/C4H2Cl3NOS3/c5-4(6,7)12-8-2(9)1-11-3(8)10/h1H2. The van der Waals surface area contributed by atoms with E-state index in [1.54, 1.807) is 0 Å². The zero-order chi connectivity index (χ0) is 9.35. The highest BCUT2D eigenvalue weighted by molar-refractivity contribution is 8.25. The number of carbonyl (C=O) groups excluding carboxylic acids is 1. The van der Waals surface area contributed by atoms with Gasteiger partial charge in [-0.05, 0) is 0 Å². The van der Waals surface area contributed by atoms with E-state index in [0.29, 0.717) is 10.1 Å². The summed E-state index contributed by atoms with van der Waals surface area (Å²) in [5.74, 6) is 0.188. The van der Waals surface area contributed by atoms with Crippen LogP contribution in [0.5, 0.6) is 0 Å². The highest BCUT2D eigenvalue weighted by atomic mass is 35.6. The average Bonchev–Trinajstić information content (AvgIpc) is 2.16. The van der Waals surface area contributed by atoms with Gasteiger partial charge in [0, 0.05) is 11.9 Å². The fraction of sp³-hybridized carbons (Fsp3) is 0.500. The minimum atomic E-state index is -1.54. The van der Waals surface area contributed by atoms with E-state index in [2.05, 4.69) is 0 Å². The van der Waals surface area contributed by atoms with Crippen LogP contribution in [0.3, 0.4) is 0 Å². The first-order valence-electron chi connectivity index (χ1n) is 2.66. The van der Waals surface area contributed by atoms with Crippen LogP contribution in [0.4, 0.5) is 0 Å². The lowest BCUT2D eigenvalue weighted by molar-refractivity contribution is -0.120. The normalized spacial score (nSPS) is 19.1. The highest BCUT2D eigenvalue weighted by Crippen LogP contribution is 2.43. The average molecular weight is 283 g/mol. The van der Waals surface area contributed by atoms with Crippen molar-refractivity contribution in [2.24, 2.45) is 0 Å². The van der Waals surface area contributed by atoms with Crippen molar-refractivity contribution in [1.82, 2.24) is 4.31 Å². The topological polar surface area (TPSA) is 20.3 Å². The molecular formula is C4H2Cl3NOS3. The summed E-state index contributed by atoms with van der Waals surface area (Å²) < 4.78 is 0.133. The second kappa shape index (κ2) is 4.11. The van der Waals surface area contributed by atoms with Crippen LogP contribution >= 0.6 is 70.7 Å². The first kappa shape index (κ1) is 11.2. The second-order valence-corrected chi connectivity index (χ2v) is 7.50. The van der Waals surface area contributed by atoms with Crippen molar-refractivity contribution in [3.05, 3.63) is 0 Å². The van der Waals surface area contributed by atoms with Crippen molar-refractivity contribution in [3.8, 4) is 0 Å². The number of thioether (sulfide) groups is 1. The van der Waals surface area contributed by atoms with Gasteiger partial charge in [-0.25, -0.2) is 4.31 Å². The van der Waals surface area contributed by atoms with Crippen LogP contribution in [0, 0.1) is 0 Å². The number of nitrogens with zero attached hydrogens (tertiary/aromatic N) is 1. The highest BCUT2D eigenvalue weighted by Gasteiger charge is 2.35. The summed E-state index contributed by atoms with van der Waals surface area (Å²) in [4.78, 5) is 11.1. The lowest BCUT2D eigenvalue weighted by atomic mass is 10.7. The lowest BCUT2D eigenvalue weighted by Crippen LogP contribution is -2.24. The third-order valence-electron chi connectivity index (χ3n) is 0.906. The second-order valence-electron chi connectivity index (χ2n) is 1.78. The first-order valence-corrected chi connectivity index (χ1v) is 5.96. The van der Waals surface area contributed by atoms with E-state index >= 15 is 0 Å². The van der Waals surface area contributed by atoms with E-state index in [0.717, 1.165) is 11.9 Å². The number of hydrogen-bond acceptors (Lipinski definition) is 4. The van der Waals surface area contributed by atoms with Gasteiger partial charge in [0.25, 0.3) is 3.12 Å². The van der Waals surface area contributed by atoms with Crippen molar-refractivity contribution >= 4 is 81.0 Å². The van der Waals surface area contributed by atoms with Gasteiger partial charge >= 0.3 is 0 Å².